The van der Waals surface area contributed by atoms with Gasteiger partial charge < -0.3 is 23.8 Å². The highest BCUT2D eigenvalue weighted by molar-refractivity contribution is 7.99. The van der Waals surface area contributed by atoms with E-state index in [2.05, 4.69) is 26.8 Å². The molecule has 28 heavy (non-hydrogen) atoms. The fourth-order valence-corrected chi connectivity index (χ4v) is 5.92. The first kappa shape index (κ1) is 20.5. The molecule has 3 aliphatic heterocycles. The fraction of sp³-hybridized carbons (Fsp3) is 0.857. The number of allylic oxidation sites excluding steroid dienone is 1. The predicted octanol–water partition coefficient (Wildman–Crippen LogP) is 3.25. The van der Waals surface area contributed by atoms with Gasteiger partial charge in [0.1, 0.15) is 23.4 Å². The quantitative estimate of drug-likeness (QED) is 0.511. The van der Waals surface area contributed by atoms with E-state index in [0.29, 0.717) is 0 Å². The highest BCUT2D eigenvalue weighted by Crippen LogP contribution is 2.59. The van der Waals surface area contributed by atoms with Crippen LogP contribution in [0.25, 0.3) is 0 Å². The van der Waals surface area contributed by atoms with Crippen LogP contribution in [0.5, 0.6) is 0 Å². The molecule has 0 aromatic heterocycles. The largest absolute Gasteiger partial charge is 0.443 e. The molecule has 4 rings (SSSR count). The fourth-order valence-electron chi connectivity index (χ4n) is 5.02. The monoisotopic (exact) mass is 411 g/mol. The lowest BCUT2D eigenvalue weighted by Crippen LogP contribution is -2.56. The number of hydrogen-bond acceptors (Lipinski definition) is 6. The average Bonchev–Trinajstić information content (AvgIpc) is 3.60. The minimum Gasteiger partial charge on any atom is -0.443 e. The van der Waals surface area contributed by atoms with Crippen LogP contribution < -0.4 is 0 Å². The van der Waals surface area contributed by atoms with Gasteiger partial charge in [0.15, 0.2) is 0 Å². The van der Waals surface area contributed by atoms with Crippen LogP contribution in [0.15, 0.2) is 11.6 Å². The molecule has 0 bridgehead atoms. The Bertz CT molecular complexity index is 626. The molecular formula is C21H33NO5S. The molecule has 0 aromatic rings. The summed E-state index contributed by atoms with van der Waals surface area (Å²) < 4.78 is 24.1. The summed E-state index contributed by atoms with van der Waals surface area (Å²) in [6, 6.07) is 0. The summed E-state index contributed by atoms with van der Waals surface area (Å²) in [5, 5.41) is 0. The molecule has 7 heteroatoms. The first-order valence-corrected chi connectivity index (χ1v) is 11.6. The van der Waals surface area contributed by atoms with Crippen molar-refractivity contribution in [1.82, 2.24) is 4.90 Å². The minimum atomic E-state index is -0.296. The van der Waals surface area contributed by atoms with Gasteiger partial charge in [-0.05, 0) is 40.0 Å². The summed E-state index contributed by atoms with van der Waals surface area (Å²) in [4.78, 5) is 14.5. The zero-order valence-electron chi connectivity index (χ0n) is 17.4. The normalized spacial score (nSPS) is 42.2. The Morgan fingerprint density at radius 1 is 1.32 bits per heavy atom. The minimum absolute atomic E-state index is 0.0732. The van der Waals surface area contributed by atoms with Crippen molar-refractivity contribution in [3.63, 3.8) is 0 Å². The van der Waals surface area contributed by atoms with Gasteiger partial charge >= 0.3 is 6.09 Å². The smallest absolute Gasteiger partial charge is 0.410 e. The van der Waals surface area contributed by atoms with Crippen LogP contribution in [0.2, 0.25) is 0 Å². The van der Waals surface area contributed by atoms with Gasteiger partial charge in [0.25, 0.3) is 0 Å². The van der Waals surface area contributed by atoms with Gasteiger partial charge in [-0.1, -0.05) is 11.6 Å². The first-order chi connectivity index (χ1) is 13.4. The number of rotatable bonds is 5. The molecule has 6 unspecified atom stereocenters. The molecule has 158 valence electrons. The Morgan fingerprint density at radius 2 is 2.04 bits per heavy atom. The van der Waals surface area contributed by atoms with Crippen LogP contribution in [-0.4, -0.2) is 78.8 Å². The van der Waals surface area contributed by atoms with Crippen LogP contribution in [-0.2, 0) is 18.9 Å². The molecule has 1 saturated carbocycles. The SMILES string of the molecule is COC1C(OC(=O)N2CCSCC2)CCC2(CO2)C1C1(C)OC1CC=C(C)C. The Labute approximate surface area is 172 Å². The lowest BCUT2D eigenvalue weighted by atomic mass is 9.68. The molecule has 6 atom stereocenters. The third kappa shape index (κ3) is 3.83. The lowest BCUT2D eigenvalue weighted by Gasteiger charge is -2.43. The van der Waals surface area contributed by atoms with Crippen molar-refractivity contribution in [3.8, 4) is 0 Å². The van der Waals surface area contributed by atoms with Crippen LogP contribution in [0.1, 0.15) is 40.0 Å². The van der Waals surface area contributed by atoms with Gasteiger partial charge in [0.05, 0.1) is 18.6 Å². The van der Waals surface area contributed by atoms with E-state index in [0.717, 1.165) is 50.5 Å². The second kappa shape index (κ2) is 7.82. The summed E-state index contributed by atoms with van der Waals surface area (Å²) in [5.41, 5.74) is 0.823. The summed E-state index contributed by atoms with van der Waals surface area (Å²) in [5.74, 6) is 2.03. The maximum atomic E-state index is 12.7. The van der Waals surface area contributed by atoms with E-state index in [1.54, 1.807) is 7.11 Å². The Hall–Kier alpha value is -0.760. The zero-order valence-corrected chi connectivity index (χ0v) is 18.3. The Kier molecular flexibility index (Phi) is 5.73. The van der Waals surface area contributed by atoms with Crippen molar-refractivity contribution in [1.29, 1.82) is 0 Å². The maximum absolute atomic E-state index is 12.7. The van der Waals surface area contributed by atoms with Gasteiger partial charge in [0.2, 0.25) is 0 Å². The molecule has 0 radical (unpaired) electrons. The second-order valence-electron chi connectivity index (χ2n) is 8.90. The number of methoxy groups -OCH3 is 1. The summed E-state index contributed by atoms with van der Waals surface area (Å²) in [6.07, 6.45) is 4.29. The molecule has 1 aliphatic carbocycles. The second-order valence-corrected chi connectivity index (χ2v) is 10.1. The lowest BCUT2D eigenvalue weighted by molar-refractivity contribution is -0.121. The molecule has 4 aliphatic rings. The predicted molar refractivity (Wildman–Crippen MR) is 109 cm³/mol. The molecule has 1 amide bonds. The molecule has 4 fully saturated rings. The van der Waals surface area contributed by atoms with Gasteiger partial charge in [-0.15, -0.1) is 0 Å². The van der Waals surface area contributed by atoms with E-state index in [4.69, 9.17) is 18.9 Å². The van der Waals surface area contributed by atoms with E-state index in [1.807, 2.05) is 16.7 Å². The van der Waals surface area contributed by atoms with E-state index < -0.39 is 0 Å². The van der Waals surface area contributed by atoms with E-state index in [9.17, 15) is 4.79 Å². The van der Waals surface area contributed by atoms with E-state index >= 15 is 0 Å². The van der Waals surface area contributed by atoms with Gasteiger partial charge in [-0.2, -0.15) is 11.8 Å². The van der Waals surface area contributed by atoms with Crippen LogP contribution in [0.4, 0.5) is 4.79 Å². The molecule has 3 saturated heterocycles. The van der Waals surface area contributed by atoms with E-state index in [1.165, 1.54) is 5.57 Å². The number of epoxide rings is 2. The zero-order chi connectivity index (χ0) is 19.9. The number of nitrogens with zero attached hydrogens (tertiary/aromatic N) is 1. The number of amides is 1. The number of carbonyl (C=O) groups excluding carboxylic acids is 1. The van der Waals surface area contributed by atoms with Crippen molar-refractivity contribution in [2.45, 2.75) is 69.5 Å². The van der Waals surface area contributed by atoms with Crippen LogP contribution in [0, 0.1) is 5.92 Å². The highest BCUT2D eigenvalue weighted by Gasteiger charge is 2.72. The Balaban J connectivity index is 1.47. The summed E-state index contributed by atoms with van der Waals surface area (Å²) in [6.45, 7) is 8.65. The van der Waals surface area contributed by atoms with Crippen molar-refractivity contribution in [2.24, 2.45) is 5.92 Å². The third-order valence-electron chi connectivity index (χ3n) is 6.76. The number of carbonyl (C=O) groups is 1. The molecule has 3 heterocycles. The molecule has 1 spiro atoms. The van der Waals surface area contributed by atoms with Crippen molar-refractivity contribution in [2.75, 3.05) is 38.3 Å². The molecule has 0 aromatic carbocycles. The molecular weight excluding hydrogens is 378 g/mol. The maximum Gasteiger partial charge on any atom is 0.410 e. The number of ether oxygens (including phenoxy) is 4. The number of hydrogen-bond donors (Lipinski definition) is 0. The van der Waals surface area contributed by atoms with Crippen LogP contribution >= 0.6 is 11.8 Å². The molecule has 6 nitrogen and oxygen atoms in total. The molecule has 0 N–H and O–H groups in total. The van der Waals surface area contributed by atoms with Gasteiger partial charge in [-0.3, -0.25) is 0 Å². The standard InChI is InChI=1S/C21H33NO5S/c1-14(2)5-6-16-20(3,27-16)18-17(24-4)15(7-8-21(18)13-25-21)26-19(23)22-9-11-28-12-10-22/h5,15-18H,6-13H2,1-4H3. The van der Waals surface area contributed by atoms with Crippen molar-refractivity contribution >= 4 is 17.9 Å². The van der Waals surface area contributed by atoms with E-state index in [-0.39, 0.29) is 41.5 Å². The van der Waals surface area contributed by atoms with Crippen molar-refractivity contribution < 1.29 is 23.7 Å². The summed E-state index contributed by atoms with van der Waals surface area (Å²) in [7, 11) is 1.72. The van der Waals surface area contributed by atoms with Gasteiger partial charge in [0, 0.05) is 31.7 Å². The summed E-state index contributed by atoms with van der Waals surface area (Å²) >= 11 is 1.88. The third-order valence-corrected chi connectivity index (χ3v) is 7.70. The Morgan fingerprint density at radius 3 is 2.64 bits per heavy atom. The number of thioether (sulfide) groups is 1. The van der Waals surface area contributed by atoms with Crippen LogP contribution in [0.3, 0.4) is 0 Å². The highest BCUT2D eigenvalue weighted by atomic mass is 32.2. The average molecular weight is 412 g/mol. The van der Waals surface area contributed by atoms with Crippen molar-refractivity contribution in [3.05, 3.63) is 11.6 Å². The topological polar surface area (TPSA) is 63.8 Å². The first-order valence-electron chi connectivity index (χ1n) is 10.4. The van der Waals surface area contributed by atoms with Gasteiger partial charge in [-0.25, -0.2) is 4.79 Å².